The van der Waals surface area contributed by atoms with E-state index in [0.717, 1.165) is 35.9 Å². The highest BCUT2D eigenvalue weighted by molar-refractivity contribution is 7.89. The maximum absolute atomic E-state index is 13.7. The minimum absolute atomic E-state index is 0.0443. The summed E-state index contributed by atoms with van der Waals surface area (Å²) in [6, 6.07) is 20.1. The maximum atomic E-state index is 13.7. The summed E-state index contributed by atoms with van der Waals surface area (Å²) in [7, 11) is -4.01. The summed E-state index contributed by atoms with van der Waals surface area (Å²) in [6.45, 7) is 0.323. The fourth-order valence-corrected chi connectivity index (χ4v) is 3.79. The molecule has 0 fully saturated rings. The Bertz CT molecular complexity index is 1400. The molecular weight excluding hydrogens is 483 g/mol. The van der Waals surface area contributed by atoms with Gasteiger partial charge in [-0.3, -0.25) is 4.79 Å². The number of halogens is 3. The summed E-state index contributed by atoms with van der Waals surface area (Å²) >= 11 is 0. The Kier molecular flexibility index (Phi) is 6.46. The molecule has 180 valence electrons. The number of alkyl halides is 3. The molecule has 0 unspecified atom stereocenters. The predicted molar refractivity (Wildman–Crippen MR) is 124 cm³/mol. The highest BCUT2D eigenvalue weighted by Gasteiger charge is 2.46. The number of carbonyl (C=O) groups is 1. The molecule has 35 heavy (non-hydrogen) atoms. The molecule has 0 saturated carbocycles. The standard InChI is InChI=1S/C24H18F3N3O4S/c25-24(26,27)22-21(23(31)30(29-22)18-8-12-20(13-9-18)35(28,32)33)14-16-6-10-19(11-7-16)34-15-17-4-2-1-3-5-17/h1-14H,15H2,(H2,28,32,33)/b21-14-. The third-order valence-corrected chi connectivity index (χ3v) is 5.92. The summed E-state index contributed by atoms with van der Waals surface area (Å²) in [5.41, 5.74) is -0.757. The van der Waals surface area contributed by atoms with Gasteiger partial charge in [-0.05, 0) is 53.6 Å². The van der Waals surface area contributed by atoms with Gasteiger partial charge in [0.05, 0.1) is 16.2 Å². The van der Waals surface area contributed by atoms with E-state index >= 15 is 0 Å². The van der Waals surface area contributed by atoms with E-state index in [9.17, 15) is 26.4 Å². The molecule has 7 nitrogen and oxygen atoms in total. The van der Waals surface area contributed by atoms with Gasteiger partial charge in [0.25, 0.3) is 5.91 Å². The van der Waals surface area contributed by atoms with Crippen molar-refractivity contribution in [3.8, 4) is 5.75 Å². The van der Waals surface area contributed by atoms with Crippen LogP contribution < -0.4 is 14.9 Å². The number of hydrogen-bond acceptors (Lipinski definition) is 5. The lowest BCUT2D eigenvalue weighted by Crippen LogP contribution is -2.25. The average molecular weight is 501 g/mol. The zero-order chi connectivity index (χ0) is 25.2. The molecule has 1 amide bonds. The average Bonchev–Trinajstić information content (AvgIpc) is 3.15. The zero-order valence-corrected chi connectivity index (χ0v) is 18.8. The molecule has 1 aliphatic heterocycles. The molecule has 0 atom stereocenters. The highest BCUT2D eigenvalue weighted by atomic mass is 32.2. The molecule has 0 radical (unpaired) electrons. The molecule has 3 aromatic rings. The van der Waals surface area contributed by atoms with Gasteiger partial charge in [-0.25, -0.2) is 13.6 Å². The first-order chi connectivity index (χ1) is 16.5. The Morgan fingerprint density at radius 1 is 0.943 bits per heavy atom. The Morgan fingerprint density at radius 3 is 2.14 bits per heavy atom. The number of benzene rings is 3. The van der Waals surface area contributed by atoms with Crippen molar-refractivity contribution in [3.63, 3.8) is 0 Å². The van der Waals surface area contributed by atoms with Crippen LogP contribution in [0.1, 0.15) is 11.1 Å². The van der Waals surface area contributed by atoms with Crippen LogP contribution in [-0.2, 0) is 21.4 Å². The van der Waals surface area contributed by atoms with Crippen LogP contribution >= 0.6 is 0 Å². The van der Waals surface area contributed by atoms with Crippen LogP contribution in [0.2, 0.25) is 0 Å². The molecule has 0 spiro atoms. The number of sulfonamides is 1. The molecule has 0 bridgehead atoms. The lowest BCUT2D eigenvalue weighted by molar-refractivity contribution is -0.114. The first kappa shape index (κ1) is 24.2. The summed E-state index contributed by atoms with van der Waals surface area (Å²) in [5, 5.41) is 9.06. The molecule has 3 aromatic carbocycles. The number of rotatable bonds is 6. The summed E-state index contributed by atoms with van der Waals surface area (Å²) in [4.78, 5) is 12.6. The summed E-state index contributed by atoms with van der Waals surface area (Å²) in [6.07, 6.45) is -3.80. The summed E-state index contributed by atoms with van der Waals surface area (Å²) in [5.74, 6) is -0.500. The van der Waals surface area contributed by atoms with E-state index in [1.165, 1.54) is 12.1 Å². The van der Waals surface area contributed by atoms with E-state index in [4.69, 9.17) is 9.88 Å². The topological polar surface area (TPSA) is 102 Å². The lowest BCUT2D eigenvalue weighted by Gasteiger charge is -2.12. The second kappa shape index (κ2) is 9.35. The van der Waals surface area contributed by atoms with Crippen molar-refractivity contribution < 1.29 is 31.1 Å². The van der Waals surface area contributed by atoms with Crippen molar-refractivity contribution in [2.24, 2.45) is 10.2 Å². The molecule has 11 heteroatoms. The number of nitrogens with two attached hydrogens (primary N) is 1. The molecule has 1 heterocycles. The molecule has 2 N–H and O–H groups in total. The maximum Gasteiger partial charge on any atom is 0.435 e. The van der Waals surface area contributed by atoms with E-state index in [2.05, 4.69) is 5.10 Å². The number of primary sulfonamides is 1. The van der Waals surface area contributed by atoms with Crippen molar-refractivity contribution in [2.75, 3.05) is 5.01 Å². The van der Waals surface area contributed by atoms with Gasteiger partial charge >= 0.3 is 6.18 Å². The van der Waals surface area contributed by atoms with Crippen LogP contribution in [0, 0.1) is 0 Å². The molecule has 4 rings (SSSR count). The number of hydrazone groups is 1. The molecule has 0 aromatic heterocycles. The fourth-order valence-electron chi connectivity index (χ4n) is 3.27. The van der Waals surface area contributed by atoms with Crippen molar-refractivity contribution >= 4 is 33.4 Å². The van der Waals surface area contributed by atoms with Gasteiger partial charge in [-0.1, -0.05) is 42.5 Å². The number of anilines is 1. The van der Waals surface area contributed by atoms with Crippen molar-refractivity contribution in [1.82, 2.24) is 0 Å². The van der Waals surface area contributed by atoms with Gasteiger partial charge in [0, 0.05) is 0 Å². The first-order valence-corrected chi connectivity index (χ1v) is 11.7. The van der Waals surface area contributed by atoms with Gasteiger partial charge in [-0.2, -0.15) is 23.3 Å². The van der Waals surface area contributed by atoms with Crippen LogP contribution in [0.3, 0.4) is 0 Å². The number of ether oxygens (including phenoxy) is 1. The van der Waals surface area contributed by atoms with Crippen LogP contribution in [-0.4, -0.2) is 26.2 Å². The molecule has 1 aliphatic rings. The van der Waals surface area contributed by atoms with E-state index < -0.39 is 33.4 Å². The third-order valence-electron chi connectivity index (χ3n) is 5.00. The second-order valence-electron chi connectivity index (χ2n) is 7.50. The molecular formula is C24H18F3N3O4S. The Balaban J connectivity index is 1.58. The van der Waals surface area contributed by atoms with Gasteiger partial charge in [0.2, 0.25) is 10.0 Å². The van der Waals surface area contributed by atoms with Gasteiger partial charge in [0.15, 0.2) is 5.71 Å². The molecule has 0 saturated heterocycles. The van der Waals surface area contributed by atoms with E-state index in [-0.39, 0.29) is 10.6 Å². The molecule has 0 aliphatic carbocycles. The van der Waals surface area contributed by atoms with E-state index in [1.54, 1.807) is 12.1 Å². The third kappa shape index (κ3) is 5.58. The van der Waals surface area contributed by atoms with E-state index in [0.29, 0.717) is 22.9 Å². The minimum Gasteiger partial charge on any atom is -0.489 e. The fraction of sp³-hybridized carbons (Fsp3) is 0.0833. The van der Waals surface area contributed by atoms with Crippen LogP contribution in [0.5, 0.6) is 5.75 Å². The second-order valence-corrected chi connectivity index (χ2v) is 9.06. The number of amides is 1. The quantitative estimate of drug-likeness (QED) is 0.510. The normalized spacial score (nSPS) is 15.4. The monoisotopic (exact) mass is 501 g/mol. The largest absolute Gasteiger partial charge is 0.489 e. The minimum atomic E-state index is -4.89. The SMILES string of the molecule is NS(=O)(=O)c1ccc(N2N=C(C(F)(F)F)/C(=C/c3ccc(OCc4ccccc4)cc3)C2=O)cc1. The van der Waals surface area contributed by atoms with Gasteiger partial charge in [-0.15, -0.1) is 0 Å². The lowest BCUT2D eigenvalue weighted by atomic mass is 10.1. The van der Waals surface area contributed by atoms with Crippen molar-refractivity contribution in [3.05, 3.63) is 95.6 Å². The van der Waals surface area contributed by atoms with Gasteiger partial charge < -0.3 is 4.74 Å². The van der Waals surface area contributed by atoms with Crippen LogP contribution in [0.15, 0.2) is 94.4 Å². The summed E-state index contributed by atoms with van der Waals surface area (Å²) < 4.78 is 69.5. The highest BCUT2D eigenvalue weighted by Crippen LogP contribution is 2.33. The first-order valence-electron chi connectivity index (χ1n) is 10.1. The Labute approximate surface area is 199 Å². The smallest absolute Gasteiger partial charge is 0.435 e. The van der Waals surface area contributed by atoms with Crippen molar-refractivity contribution in [1.29, 1.82) is 0 Å². The number of nitrogens with zero attached hydrogens (tertiary/aromatic N) is 2. The number of carbonyl (C=O) groups excluding carboxylic acids is 1. The predicted octanol–water partition coefficient (Wildman–Crippen LogP) is 4.26. The zero-order valence-electron chi connectivity index (χ0n) is 17.9. The number of hydrogen-bond donors (Lipinski definition) is 1. The Morgan fingerprint density at radius 2 is 1.57 bits per heavy atom. The van der Waals surface area contributed by atoms with Gasteiger partial charge in [0.1, 0.15) is 12.4 Å². The Hall–Kier alpha value is -3.96. The van der Waals surface area contributed by atoms with E-state index in [1.807, 2.05) is 30.3 Å². The van der Waals surface area contributed by atoms with Crippen LogP contribution in [0.4, 0.5) is 18.9 Å². The van der Waals surface area contributed by atoms with Crippen LogP contribution in [0.25, 0.3) is 6.08 Å². The van der Waals surface area contributed by atoms with Crippen molar-refractivity contribution in [2.45, 2.75) is 17.7 Å².